The maximum Gasteiger partial charge on any atom is 0.378 e. The van der Waals surface area contributed by atoms with Crippen molar-refractivity contribution in [3.8, 4) is 17.2 Å². The van der Waals surface area contributed by atoms with E-state index >= 15 is 0 Å². The van der Waals surface area contributed by atoms with Crippen LogP contribution in [0.4, 0.5) is 0 Å². The highest BCUT2D eigenvalue weighted by Crippen LogP contribution is 2.56. The standard InChI is InChI=1S/C21H18O7/c1-10-7-14(23)17-15(8-10)26-16(12-3-5-13(22)6-4-12)9-21(17)27-18-11(2)25-20(24)19(18)28-21/h3-8,11,16,22-23H,9H2,1-2H3. The molecule has 0 aromatic heterocycles. The summed E-state index contributed by atoms with van der Waals surface area (Å²) in [5.74, 6) is -1.09. The quantitative estimate of drug-likeness (QED) is 0.731. The molecule has 7 heteroatoms. The molecule has 1 spiro atoms. The van der Waals surface area contributed by atoms with Crippen LogP contribution in [0.3, 0.4) is 0 Å². The van der Waals surface area contributed by atoms with Gasteiger partial charge in [-0.1, -0.05) is 12.1 Å². The molecule has 144 valence electrons. The summed E-state index contributed by atoms with van der Waals surface area (Å²) in [6, 6.07) is 10.0. The number of hydrogen-bond donors (Lipinski definition) is 2. The molecule has 2 aromatic carbocycles. The second-order valence-corrected chi connectivity index (χ2v) is 7.26. The monoisotopic (exact) mass is 382 g/mol. The van der Waals surface area contributed by atoms with Crippen LogP contribution in [-0.2, 0) is 24.8 Å². The SMILES string of the molecule is Cc1cc(O)c2c(c1)OC(c1ccc(O)cc1)CC21OC2=C(O1)C(C)OC2=O. The third-order valence-electron chi connectivity index (χ3n) is 5.20. The van der Waals surface area contributed by atoms with E-state index in [2.05, 4.69) is 0 Å². The lowest BCUT2D eigenvalue weighted by atomic mass is 9.90. The number of esters is 1. The fraction of sp³-hybridized carbons (Fsp3) is 0.286. The Morgan fingerprint density at radius 1 is 1.07 bits per heavy atom. The highest BCUT2D eigenvalue weighted by atomic mass is 16.8. The molecule has 0 saturated carbocycles. The molecule has 3 unspecified atom stereocenters. The Balaban J connectivity index is 1.62. The number of phenols is 2. The summed E-state index contributed by atoms with van der Waals surface area (Å²) >= 11 is 0. The van der Waals surface area contributed by atoms with Crippen LogP contribution in [-0.4, -0.2) is 22.3 Å². The zero-order chi connectivity index (χ0) is 19.6. The van der Waals surface area contributed by atoms with Gasteiger partial charge in [-0.15, -0.1) is 0 Å². The molecule has 3 aliphatic rings. The molecule has 7 nitrogen and oxygen atoms in total. The van der Waals surface area contributed by atoms with Crippen LogP contribution in [0.25, 0.3) is 0 Å². The van der Waals surface area contributed by atoms with E-state index in [-0.39, 0.29) is 23.7 Å². The first-order chi connectivity index (χ1) is 13.4. The fourth-order valence-corrected chi connectivity index (χ4v) is 3.95. The third kappa shape index (κ3) is 2.32. The Morgan fingerprint density at radius 3 is 2.54 bits per heavy atom. The molecule has 28 heavy (non-hydrogen) atoms. The Morgan fingerprint density at radius 2 is 1.82 bits per heavy atom. The number of cyclic esters (lactones) is 1. The van der Waals surface area contributed by atoms with Gasteiger partial charge >= 0.3 is 5.97 Å². The van der Waals surface area contributed by atoms with Crippen LogP contribution in [0.2, 0.25) is 0 Å². The second kappa shape index (κ2) is 5.58. The van der Waals surface area contributed by atoms with Crippen molar-refractivity contribution in [2.24, 2.45) is 0 Å². The first-order valence-corrected chi connectivity index (χ1v) is 8.99. The van der Waals surface area contributed by atoms with Gasteiger partial charge in [0, 0.05) is 0 Å². The molecular weight excluding hydrogens is 364 g/mol. The fourth-order valence-electron chi connectivity index (χ4n) is 3.95. The summed E-state index contributed by atoms with van der Waals surface area (Å²) in [6.45, 7) is 3.55. The van der Waals surface area contributed by atoms with Crippen molar-refractivity contribution in [2.45, 2.75) is 38.3 Å². The molecule has 0 aliphatic carbocycles. The van der Waals surface area contributed by atoms with Crippen LogP contribution >= 0.6 is 0 Å². The number of carbonyl (C=O) groups excluding carboxylic acids is 1. The Kier molecular flexibility index (Phi) is 3.34. The van der Waals surface area contributed by atoms with Crippen molar-refractivity contribution < 1.29 is 34.0 Å². The van der Waals surface area contributed by atoms with E-state index in [0.717, 1.165) is 11.1 Å². The number of aromatic hydroxyl groups is 2. The maximum absolute atomic E-state index is 12.1. The number of ether oxygens (including phenoxy) is 4. The Bertz CT molecular complexity index is 1020. The topological polar surface area (TPSA) is 94.5 Å². The molecule has 0 bridgehead atoms. The highest BCUT2D eigenvalue weighted by Gasteiger charge is 2.58. The number of phenolic OH excluding ortho intramolecular Hbond substituents is 2. The molecule has 3 atom stereocenters. The van der Waals surface area contributed by atoms with E-state index in [1.807, 2.05) is 6.92 Å². The first kappa shape index (κ1) is 16.8. The number of fused-ring (bicyclic) bond motifs is 2. The molecule has 0 saturated heterocycles. The van der Waals surface area contributed by atoms with Gasteiger partial charge < -0.3 is 29.2 Å². The summed E-state index contributed by atoms with van der Waals surface area (Å²) in [5, 5.41) is 20.2. The summed E-state index contributed by atoms with van der Waals surface area (Å²) in [7, 11) is 0. The predicted octanol–water partition coefficient (Wildman–Crippen LogP) is 3.29. The van der Waals surface area contributed by atoms with Gasteiger partial charge in [-0.25, -0.2) is 4.79 Å². The zero-order valence-electron chi connectivity index (χ0n) is 15.3. The summed E-state index contributed by atoms with van der Waals surface area (Å²) in [5.41, 5.74) is 1.96. The van der Waals surface area contributed by atoms with Gasteiger partial charge in [0.05, 0.1) is 6.42 Å². The van der Waals surface area contributed by atoms with Crippen LogP contribution in [0.15, 0.2) is 47.9 Å². The Labute approximate surface area is 160 Å². The van der Waals surface area contributed by atoms with Crippen molar-refractivity contribution in [2.75, 3.05) is 0 Å². The molecular formula is C21H18O7. The van der Waals surface area contributed by atoms with Crippen LogP contribution in [0.5, 0.6) is 17.2 Å². The third-order valence-corrected chi connectivity index (χ3v) is 5.20. The van der Waals surface area contributed by atoms with E-state index in [9.17, 15) is 15.0 Å². The number of aryl methyl sites for hydroxylation is 1. The Hall–Kier alpha value is -3.35. The van der Waals surface area contributed by atoms with Gasteiger partial charge in [0.2, 0.25) is 0 Å². The maximum atomic E-state index is 12.1. The molecule has 5 rings (SSSR count). The first-order valence-electron chi connectivity index (χ1n) is 8.99. The predicted molar refractivity (Wildman–Crippen MR) is 95.4 cm³/mol. The summed E-state index contributed by atoms with van der Waals surface area (Å²) in [4.78, 5) is 12.1. The van der Waals surface area contributed by atoms with Gasteiger partial charge in [-0.05, 0) is 49.2 Å². The normalized spacial score (nSPS) is 27.6. The molecule has 3 heterocycles. The van der Waals surface area contributed by atoms with Crippen molar-refractivity contribution in [3.63, 3.8) is 0 Å². The van der Waals surface area contributed by atoms with Crippen molar-refractivity contribution in [1.29, 1.82) is 0 Å². The van der Waals surface area contributed by atoms with Gasteiger partial charge in [0.25, 0.3) is 11.5 Å². The zero-order valence-corrected chi connectivity index (χ0v) is 15.3. The van der Waals surface area contributed by atoms with Gasteiger partial charge in [-0.2, -0.15) is 0 Å². The van der Waals surface area contributed by atoms with Crippen molar-refractivity contribution in [1.82, 2.24) is 0 Å². The molecule has 0 amide bonds. The van der Waals surface area contributed by atoms with E-state index in [4.69, 9.17) is 18.9 Å². The number of rotatable bonds is 1. The van der Waals surface area contributed by atoms with Crippen LogP contribution < -0.4 is 4.74 Å². The van der Waals surface area contributed by atoms with Crippen LogP contribution in [0.1, 0.15) is 36.1 Å². The minimum Gasteiger partial charge on any atom is -0.508 e. The largest absolute Gasteiger partial charge is 0.508 e. The number of carbonyl (C=O) groups is 1. The summed E-state index contributed by atoms with van der Waals surface area (Å²) in [6.07, 6.45) is -0.831. The average Bonchev–Trinajstić information content (AvgIpc) is 3.12. The summed E-state index contributed by atoms with van der Waals surface area (Å²) < 4.78 is 23.4. The molecule has 2 aromatic rings. The van der Waals surface area contributed by atoms with Gasteiger partial charge in [-0.3, -0.25) is 0 Å². The second-order valence-electron chi connectivity index (χ2n) is 7.26. The van der Waals surface area contributed by atoms with Gasteiger partial charge in [0.15, 0.2) is 11.9 Å². The lowest BCUT2D eigenvalue weighted by molar-refractivity contribution is -0.211. The van der Waals surface area contributed by atoms with E-state index in [1.165, 1.54) is 0 Å². The minimum absolute atomic E-state index is 0.0265. The molecule has 2 N–H and O–H groups in total. The lowest BCUT2D eigenvalue weighted by Gasteiger charge is -2.39. The molecule has 0 fully saturated rings. The van der Waals surface area contributed by atoms with Crippen LogP contribution in [0, 0.1) is 6.92 Å². The minimum atomic E-state index is -1.40. The van der Waals surface area contributed by atoms with E-state index < -0.39 is 24.0 Å². The lowest BCUT2D eigenvalue weighted by Crippen LogP contribution is -2.38. The average molecular weight is 382 g/mol. The molecule has 0 radical (unpaired) electrons. The number of hydrogen-bond acceptors (Lipinski definition) is 7. The number of benzene rings is 2. The van der Waals surface area contributed by atoms with E-state index in [0.29, 0.717) is 17.1 Å². The van der Waals surface area contributed by atoms with E-state index in [1.54, 1.807) is 43.3 Å². The van der Waals surface area contributed by atoms with Crippen molar-refractivity contribution >= 4 is 5.97 Å². The molecule has 3 aliphatic heterocycles. The van der Waals surface area contributed by atoms with Crippen molar-refractivity contribution in [3.05, 3.63) is 64.6 Å². The smallest absolute Gasteiger partial charge is 0.378 e. The highest BCUT2D eigenvalue weighted by molar-refractivity contribution is 5.90. The van der Waals surface area contributed by atoms with Gasteiger partial charge in [0.1, 0.15) is 28.9 Å².